The Labute approximate surface area is 290 Å². The maximum absolute atomic E-state index is 5.33. The van der Waals surface area contributed by atoms with Crippen LogP contribution in [0.3, 0.4) is 0 Å². The van der Waals surface area contributed by atoms with Gasteiger partial charge in [0.15, 0.2) is 5.82 Å². The minimum atomic E-state index is 0.559. The lowest BCUT2D eigenvalue weighted by atomic mass is 9.98. The van der Waals surface area contributed by atoms with E-state index in [-0.39, 0.29) is 0 Å². The van der Waals surface area contributed by atoms with Gasteiger partial charge in [-0.25, -0.2) is 19.9 Å². The Morgan fingerprint density at radius 3 is 1.36 bits per heavy atom. The molecule has 3 aromatic heterocycles. The molecule has 0 aliphatic rings. The molecule has 234 valence electrons. The zero-order valence-electron chi connectivity index (χ0n) is 27.1. The van der Waals surface area contributed by atoms with E-state index in [9.17, 15) is 0 Å². The predicted octanol–water partition coefficient (Wildman–Crippen LogP) is 11.6. The summed E-state index contributed by atoms with van der Waals surface area (Å²) in [4.78, 5) is 20.9. The van der Waals surface area contributed by atoms with Crippen LogP contribution in [0.1, 0.15) is 0 Å². The Bertz CT molecular complexity index is 2600. The first-order valence-corrected chi connectivity index (χ1v) is 16.7. The standard InChI is InChI=1S/C46H30N4/c1-5-13-31(14-6-1)32-21-23-36(24-22-32)42-30-41(35-19-11-4-12-20-35)49-46(50-42)43-29-39(33-15-7-2-8-16-33)38-27-25-37-26-28-40(34-17-9-3-10-18-34)47-44(37)45(38)48-43/h1-30H. The average Bonchev–Trinajstić information content (AvgIpc) is 3.21. The molecule has 6 aromatic carbocycles. The molecular formula is C46H30N4. The summed E-state index contributed by atoms with van der Waals surface area (Å²) >= 11 is 0. The number of pyridine rings is 2. The molecule has 0 amide bonds. The number of hydrogen-bond acceptors (Lipinski definition) is 4. The number of benzene rings is 6. The minimum absolute atomic E-state index is 0.559. The van der Waals surface area contributed by atoms with E-state index in [2.05, 4.69) is 133 Å². The van der Waals surface area contributed by atoms with Crippen molar-refractivity contribution >= 4 is 21.8 Å². The molecule has 0 unspecified atom stereocenters. The normalized spacial score (nSPS) is 11.2. The zero-order valence-corrected chi connectivity index (χ0v) is 27.1. The molecule has 0 bridgehead atoms. The highest BCUT2D eigenvalue weighted by Crippen LogP contribution is 2.36. The van der Waals surface area contributed by atoms with Crippen LogP contribution in [-0.2, 0) is 0 Å². The van der Waals surface area contributed by atoms with Gasteiger partial charge >= 0.3 is 0 Å². The van der Waals surface area contributed by atoms with Crippen LogP contribution in [0.25, 0.3) is 89.4 Å². The van der Waals surface area contributed by atoms with Crippen molar-refractivity contribution in [1.29, 1.82) is 0 Å². The number of aromatic nitrogens is 4. The number of nitrogens with zero attached hydrogens (tertiary/aromatic N) is 4. The molecule has 0 saturated heterocycles. The molecule has 0 fully saturated rings. The van der Waals surface area contributed by atoms with Gasteiger partial charge in [0.25, 0.3) is 0 Å². The molecule has 50 heavy (non-hydrogen) atoms. The lowest BCUT2D eigenvalue weighted by molar-refractivity contribution is 1.16. The van der Waals surface area contributed by atoms with E-state index in [0.717, 1.165) is 72.3 Å². The fourth-order valence-electron chi connectivity index (χ4n) is 6.54. The quantitative estimate of drug-likeness (QED) is 0.170. The van der Waals surface area contributed by atoms with Crippen molar-refractivity contribution in [2.24, 2.45) is 0 Å². The fourth-order valence-corrected chi connectivity index (χ4v) is 6.54. The molecule has 4 nitrogen and oxygen atoms in total. The van der Waals surface area contributed by atoms with Gasteiger partial charge in [0.05, 0.1) is 28.1 Å². The van der Waals surface area contributed by atoms with Crippen LogP contribution in [0.5, 0.6) is 0 Å². The SMILES string of the molecule is c1ccc(-c2ccc(-c3cc(-c4ccccc4)nc(-c4cc(-c5ccccc5)c5ccc6ccc(-c7ccccc7)nc6c5n4)n3)cc2)cc1. The third-order valence-corrected chi connectivity index (χ3v) is 9.11. The van der Waals surface area contributed by atoms with Gasteiger partial charge in [0.2, 0.25) is 0 Å². The van der Waals surface area contributed by atoms with E-state index in [4.69, 9.17) is 19.9 Å². The highest BCUT2D eigenvalue weighted by atomic mass is 14.9. The summed E-state index contributed by atoms with van der Waals surface area (Å²) in [5.41, 5.74) is 12.5. The molecule has 4 heteroatoms. The second-order valence-corrected chi connectivity index (χ2v) is 12.3. The van der Waals surface area contributed by atoms with Crippen LogP contribution in [0.4, 0.5) is 0 Å². The van der Waals surface area contributed by atoms with Crippen molar-refractivity contribution in [3.63, 3.8) is 0 Å². The van der Waals surface area contributed by atoms with Crippen LogP contribution in [-0.4, -0.2) is 19.9 Å². The predicted molar refractivity (Wildman–Crippen MR) is 205 cm³/mol. The third-order valence-electron chi connectivity index (χ3n) is 9.11. The Kier molecular flexibility index (Phi) is 7.45. The minimum Gasteiger partial charge on any atom is -0.245 e. The second-order valence-electron chi connectivity index (χ2n) is 12.3. The molecule has 0 aliphatic carbocycles. The van der Waals surface area contributed by atoms with Crippen LogP contribution in [0, 0.1) is 0 Å². The Morgan fingerprint density at radius 2 is 0.740 bits per heavy atom. The molecule has 0 N–H and O–H groups in total. The number of fused-ring (bicyclic) bond motifs is 3. The lowest BCUT2D eigenvalue weighted by Crippen LogP contribution is -1.99. The number of hydrogen-bond donors (Lipinski definition) is 0. The van der Waals surface area contributed by atoms with Gasteiger partial charge in [-0.1, -0.05) is 164 Å². The topological polar surface area (TPSA) is 51.6 Å². The highest BCUT2D eigenvalue weighted by molar-refractivity contribution is 6.09. The van der Waals surface area contributed by atoms with Crippen molar-refractivity contribution in [2.75, 3.05) is 0 Å². The van der Waals surface area contributed by atoms with Crippen molar-refractivity contribution in [3.05, 3.63) is 182 Å². The molecular weight excluding hydrogens is 609 g/mol. The van der Waals surface area contributed by atoms with Crippen LogP contribution >= 0.6 is 0 Å². The summed E-state index contributed by atoms with van der Waals surface area (Å²) in [5, 5.41) is 2.06. The second kappa shape index (κ2) is 12.7. The van der Waals surface area contributed by atoms with E-state index in [1.807, 2.05) is 48.5 Å². The maximum Gasteiger partial charge on any atom is 0.179 e. The molecule has 3 heterocycles. The summed E-state index contributed by atoms with van der Waals surface area (Å²) in [5.74, 6) is 0.559. The summed E-state index contributed by atoms with van der Waals surface area (Å²) in [6.45, 7) is 0. The van der Waals surface area contributed by atoms with Crippen molar-refractivity contribution in [2.45, 2.75) is 0 Å². The smallest absolute Gasteiger partial charge is 0.179 e. The van der Waals surface area contributed by atoms with Crippen molar-refractivity contribution in [3.8, 4) is 67.5 Å². The Balaban J connectivity index is 1.27. The molecule has 0 radical (unpaired) electrons. The number of rotatable bonds is 6. The van der Waals surface area contributed by atoms with Crippen LogP contribution in [0.2, 0.25) is 0 Å². The van der Waals surface area contributed by atoms with Gasteiger partial charge < -0.3 is 0 Å². The first-order chi connectivity index (χ1) is 24.8. The first kappa shape index (κ1) is 29.4. The highest BCUT2D eigenvalue weighted by Gasteiger charge is 2.17. The Morgan fingerprint density at radius 1 is 0.280 bits per heavy atom. The van der Waals surface area contributed by atoms with Crippen molar-refractivity contribution < 1.29 is 0 Å². The lowest BCUT2D eigenvalue weighted by Gasteiger charge is -2.14. The van der Waals surface area contributed by atoms with Crippen LogP contribution in [0.15, 0.2) is 182 Å². The van der Waals surface area contributed by atoms with E-state index < -0.39 is 0 Å². The van der Waals surface area contributed by atoms with Gasteiger partial charge in [-0.05, 0) is 40.5 Å². The van der Waals surface area contributed by atoms with Gasteiger partial charge in [-0.3, -0.25) is 0 Å². The maximum atomic E-state index is 5.33. The van der Waals surface area contributed by atoms with Gasteiger partial charge in [0, 0.05) is 27.5 Å². The molecule has 0 saturated carbocycles. The Hall–Kier alpha value is -6.78. The van der Waals surface area contributed by atoms with E-state index >= 15 is 0 Å². The van der Waals surface area contributed by atoms with Crippen LogP contribution < -0.4 is 0 Å². The van der Waals surface area contributed by atoms with Gasteiger partial charge in [-0.15, -0.1) is 0 Å². The summed E-state index contributed by atoms with van der Waals surface area (Å²) in [6, 6.07) is 62.7. The molecule has 0 spiro atoms. The molecule has 9 rings (SSSR count). The van der Waals surface area contributed by atoms with Gasteiger partial charge in [0.1, 0.15) is 5.69 Å². The van der Waals surface area contributed by atoms with E-state index in [1.54, 1.807) is 0 Å². The monoisotopic (exact) mass is 638 g/mol. The summed E-state index contributed by atoms with van der Waals surface area (Å²) in [6.07, 6.45) is 0. The molecule has 0 aliphatic heterocycles. The summed E-state index contributed by atoms with van der Waals surface area (Å²) < 4.78 is 0. The zero-order chi connectivity index (χ0) is 33.3. The largest absolute Gasteiger partial charge is 0.245 e. The average molecular weight is 639 g/mol. The van der Waals surface area contributed by atoms with E-state index in [0.29, 0.717) is 11.5 Å². The van der Waals surface area contributed by atoms with Crippen molar-refractivity contribution in [1.82, 2.24) is 19.9 Å². The van der Waals surface area contributed by atoms with E-state index in [1.165, 1.54) is 5.56 Å². The third kappa shape index (κ3) is 5.59. The summed E-state index contributed by atoms with van der Waals surface area (Å²) in [7, 11) is 0. The fraction of sp³-hybridized carbons (Fsp3) is 0. The molecule has 0 atom stereocenters. The first-order valence-electron chi connectivity index (χ1n) is 16.7. The van der Waals surface area contributed by atoms with Gasteiger partial charge in [-0.2, -0.15) is 0 Å². The molecule has 9 aromatic rings.